The van der Waals surface area contributed by atoms with Crippen molar-refractivity contribution in [2.24, 2.45) is 11.7 Å². The van der Waals surface area contributed by atoms with Crippen molar-refractivity contribution in [3.8, 4) is 0 Å². The number of amides is 1. The fourth-order valence-electron chi connectivity index (χ4n) is 1.47. The Hall–Kier alpha value is -1.06. The number of rotatable bonds is 4. The molecule has 1 aromatic rings. The molecule has 17 heavy (non-hydrogen) atoms. The van der Waals surface area contributed by atoms with Crippen molar-refractivity contribution in [2.45, 2.75) is 32.9 Å². The van der Waals surface area contributed by atoms with E-state index >= 15 is 0 Å². The summed E-state index contributed by atoms with van der Waals surface area (Å²) >= 11 is 5.90. The highest BCUT2D eigenvalue weighted by Gasteiger charge is 2.19. The minimum Gasteiger partial charge on any atom is -0.348 e. The smallest absolute Gasteiger partial charge is 0.237 e. The Morgan fingerprint density at radius 3 is 2.53 bits per heavy atom. The summed E-state index contributed by atoms with van der Waals surface area (Å²) in [5.74, 6) is -0.00552. The summed E-state index contributed by atoms with van der Waals surface area (Å²) < 4.78 is 0. The Labute approximate surface area is 107 Å². The maximum atomic E-state index is 11.8. The molecule has 1 aromatic carbocycles. The molecule has 0 fully saturated rings. The van der Waals surface area contributed by atoms with E-state index in [1.165, 1.54) is 0 Å². The second-order valence-electron chi connectivity index (χ2n) is 4.56. The third-order valence-corrected chi connectivity index (χ3v) is 2.96. The quantitative estimate of drug-likeness (QED) is 0.868. The molecular weight excluding hydrogens is 236 g/mol. The van der Waals surface area contributed by atoms with Crippen LogP contribution in [0.15, 0.2) is 24.3 Å². The van der Waals surface area contributed by atoms with Crippen molar-refractivity contribution < 1.29 is 4.79 Å². The van der Waals surface area contributed by atoms with Crippen molar-refractivity contribution in [3.63, 3.8) is 0 Å². The van der Waals surface area contributed by atoms with Gasteiger partial charge in [-0.15, -0.1) is 0 Å². The first kappa shape index (κ1) is 14.0. The van der Waals surface area contributed by atoms with Gasteiger partial charge in [-0.05, 0) is 30.5 Å². The summed E-state index contributed by atoms with van der Waals surface area (Å²) in [5.41, 5.74) is 6.75. The highest BCUT2D eigenvalue weighted by molar-refractivity contribution is 6.30. The van der Waals surface area contributed by atoms with Crippen LogP contribution in [-0.2, 0) is 4.79 Å². The molecule has 3 N–H and O–H groups in total. The van der Waals surface area contributed by atoms with E-state index in [9.17, 15) is 4.79 Å². The first-order valence-corrected chi connectivity index (χ1v) is 6.11. The molecule has 0 heterocycles. The maximum absolute atomic E-state index is 11.8. The van der Waals surface area contributed by atoms with Gasteiger partial charge >= 0.3 is 0 Å². The van der Waals surface area contributed by atoms with Crippen LogP contribution in [0.5, 0.6) is 0 Å². The molecule has 0 aliphatic rings. The third-order valence-electron chi connectivity index (χ3n) is 2.73. The summed E-state index contributed by atoms with van der Waals surface area (Å²) in [7, 11) is 0. The SMILES string of the molecule is CC(C)C(N)C(=O)N[C@H](C)c1cccc(Cl)c1. The zero-order chi connectivity index (χ0) is 13.0. The van der Waals surface area contributed by atoms with Crippen LogP contribution in [0.3, 0.4) is 0 Å². The molecule has 0 aliphatic heterocycles. The molecular formula is C13H19ClN2O. The lowest BCUT2D eigenvalue weighted by atomic mass is 10.0. The highest BCUT2D eigenvalue weighted by atomic mass is 35.5. The number of carbonyl (C=O) groups excluding carboxylic acids is 1. The van der Waals surface area contributed by atoms with E-state index < -0.39 is 6.04 Å². The summed E-state index contributed by atoms with van der Waals surface area (Å²) in [6.07, 6.45) is 0. The van der Waals surface area contributed by atoms with Crippen molar-refractivity contribution in [1.82, 2.24) is 5.32 Å². The molecule has 0 radical (unpaired) electrons. The van der Waals surface area contributed by atoms with Gasteiger partial charge in [0.25, 0.3) is 0 Å². The minimum absolute atomic E-state index is 0.0917. The van der Waals surface area contributed by atoms with Gasteiger partial charge in [-0.2, -0.15) is 0 Å². The average molecular weight is 255 g/mol. The molecule has 0 aromatic heterocycles. The Morgan fingerprint density at radius 2 is 2.00 bits per heavy atom. The fraction of sp³-hybridized carbons (Fsp3) is 0.462. The zero-order valence-electron chi connectivity index (χ0n) is 10.4. The number of benzene rings is 1. The van der Waals surface area contributed by atoms with Crippen molar-refractivity contribution >= 4 is 17.5 Å². The van der Waals surface area contributed by atoms with Crippen LogP contribution < -0.4 is 11.1 Å². The van der Waals surface area contributed by atoms with Gasteiger partial charge in [-0.1, -0.05) is 37.6 Å². The first-order chi connectivity index (χ1) is 7.91. The largest absolute Gasteiger partial charge is 0.348 e. The van der Waals surface area contributed by atoms with Crippen molar-refractivity contribution in [3.05, 3.63) is 34.9 Å². The monoisotopic (exact) mass is 254 g/mol. The fourth-order valence-corrected chi connectivity index (χ4v) is 1.67. The van der Waals surface area contributed by atoms with E-state index in [-0.39, 0.29) is 17.9 Å². The molecule has 0 spiro atoms. The summed E-state index contributed by atoms with van der Waals surface area (Å²) in [6.45, 7) is 5.76. The normalized spacial score (nSPS) is 14.5. The predicted molar refractivity (Wildman–Crippen MR) is 70.8 cm³/mol. The molecule has 1 rings (SSSR count). The standard InChI is InChI=1S/C13H19ClN2O/c1-8(2)12(15)13(17)16-9(3)10-5-4-6-11(14)7-10/h4-9,12H,15H2,1-3H3,(H,16,17)/t9-,12?/m1/s1. The van der Waals surface area contributed by atoms with Gasteiger partial charge in [-0.3, -0.25) is 4.79 Å². The van der Waals surface area contributed by atoms with E-state index in [4.69, 9.17) is 17.3 Å². The molecule has 0 bridgehead atoms. The molecule has 0 aliphatic carbocycles. The lowest BCUT2D eigenvalue weighted by molar-refractivity contribution is -0.123. The molecule has 0 saturated heterocycles. The minimum atomic E-state index is -0.475. The molecule has 2 atom stereocenters. The van der Waals surface area contributed by atoms with Gasteiger partial charge in [0.2, 0.25) is 5.91 Å². The second-order valence-corrected chi connectivity index (χ2v) is 4.99. The van der Waals surface area contributed by atoms with Gasteiger partial charge in [-0.25, -0.2) is 0 Å². The van der Waals surface area contributed by atoms with E-state index in [1.54, 1.807) is 6.07 Å². The second kappa shape index (κ2) is 6.03. The maximum Gasteiger partial charge on any atom is 0.237 e. The van der Waals surface area contributed by atoms with Gasteiger partial charge in [0.05, 0.1) is 12.1 Å². The number of hydrogen-bond donors (Lipinski definition) is 2. The number of nitrogens with two attached hydrogens (primary N) is 1. The van der Waals surface area contributed by atoms with Crippen LogP contribution in [-0.4, -0.2) is 11.9 Å². The zero-order valence-corrected chi connectivity index (χ0v) is 11.2. The van der Waals surface area contributed by atoms with Gasteiger partial charge < -0.3 is 11.1 Å². The van der Waals surface area contributed by atoms with Crippen molar-refractivity contribution in [1.29, 1.82) is 0 Å². The Morgan fingerprint density at radius 1 is 1.35 bits per heavy atom. The van der Waals surface area contributed by atoms with Crippen LogP contribution in [0.2, 0.25) is 5.02 Å². The van der Waals surface area contributed by atoms with E-state index in [1.807, 2.05) is 39.0 Å². The number of nitrogens with one attached hydrogen (secondary N) is 1. The van der Waals surface area contributed by atoms with Gasteiger partial charge in [0.1, 0.15) is 0 Å². The van der Waals surface area contributed by atoms with Gasteiger partial charge in [0, 0.05) is 5.02 Å². The van der Waals surface area contributed by atoms with Crippen molar-refractivity contribution in [2.75, 3.05) is 0 Å². The molecule has 94 valence electrons. The first-order valence-electron chi connectivity index (χ1n) is 5.73. The third kappa shape index (κ3) is 4.02. The number of hydrogen-bond acceptors (Lipinski definition) is 2. The molecule has 3 nitrogen and oxygen atoms in total. The van der Waals surface area contributed by atoms with Crippen LogP contribution >= 0.6 is 11.6 Å². The topological polar surface area (TPSA) is 55.1 Å². The van der Waals surface area contributed by atoms with E-state index in [0.717, 1.165) is 5.56 Å². The predicted octanol–water partition coefficient (Wildman–Crippen LogP) is 2.50. The van der Waals surface area contributed by atoms with Crippen LogP contribution in [0.25, 0.3) is 0 Å². The summed E-state index contributed by atoms with van der Waals surface area (Å²) in [5, 5.41) is 3.55. The van der Waals surface area contributed by atoms with E-state index in [0.29, 0.717) is 5.02 Å². The lowest BCUT2D eigenvalue weighted by Gasteiger charge is -2.20. The van der Waals surface area contributed by atoms with Crippen LogP contribution in [0, 0.1) is 5.92 Å². The Kier molecular flexibility index (Phi) is 4.97. The summed E-state index contributed by atoms with van der Waals surface area (Å²) in [6, 6.07) is 6.87. The molecule has 4 heteroatoms. The van der Waals surface area contributed by atoms with Crippen LogP contribution in [0.4, 0.5) is 0 Å². The number of halogens is 1. The Bertz CT molecular complexity index is 393. The highest BCUT2D eigenvalue weighted by Crippen LogP contribution is 2.17. The molecule has 0 saturated carbocycles. The lowest BCUT2D eigenvalue weighted by Crippen LogP contribution is -2.44. The summed E-state index contributed by atoms with van der Waals surface area (Å²) in [4.78, 5) is 11.8. The van der Waals surface area contributed by atoms with Crippen LogP contribution in [0.1, 0.15) is 32.4 Å². The van der Waals surface area contributed by atoms with E-state index in [2.05, 4.69) is 5.32 Å². The Balaban J connectivity index is 2.66. The van der Waals surface area contributed by atoms with Gasteiger partial charge in [0.15, 0.2) is 0 Å². The average Bonchev–Trinajstić information content (AvgIpc) is 2.27. The molecule has 1 unspecified atom stereocenters. The number of carbonyl (C=O) groups is 1. The molecule has 1 amide bonds.